The van der Waals surface area contributed by atoms with E-state index >= 15 is 0 Å². The van der Waals surface area contributed by atoms with Crippen molar-refractivity contribution < 1.29 is 44.4 Å². The van der Waals surface area contributed by atoms with E-state index in [2.05, 4.69) is 0 Å². The van der Waals surface area contributed by atoms with Gasteiger partial charge in [-0.3, -0.25) is 0 Å². The van der Waals surface area contributed by atoms with Crippen molar-refractivity contribution in [2.24, 2.45) is 0 Å². The van der Waals surface area contributed by atoms with Crippen LogP contribution in [0, 0.1) is 0 Å². The minimum atomic E-state index is 0. The SMILES string of the molecule is O.O.O.O.O.[Li].[Mn]. The van der Waals surface area contributed by atoms with E-state index in [-0.39, 0.29) is 63.3 Å². The Morgan fingerprint density at radius 3 is 0.429 bits per heavy atom. The first-order valence-corrected chi connectivity index (χ1v) is 0. The number of rotatable bonds is 0. The average molecular weight is 152 g/mol. The molecule has 0 aliphatic carbocycles. The van der Waals surface area contributed by atoms with Gasteiger partial charge in [0.25, 0.3) is 0 Å². The first-order valence-electron chi connectivity index (χ1n) is 0. The summed E-state index contributed by atoms with van der Waals surface area (Å²) in [6.45, 7) is 0. The molecule has 0 spiro atoms. The molecule has 0 aliphatic heterocycles. The molecule has 10 N–H and O–H groups in total. The minimum absolute atomic E-state index is 0. The van der Waals surface area contributed by atoms with Gasteiger partial charge in [0, 0.05) is 35.9 Å². The Morgan fingerprint density at radius 1 is 0.429 bits per heavy atom. The topological polar surface area (TPSA) is 158 Å². The monoisotopic (exact) mass is 152 g/mol. The Kier molecular flexibility index (Phi) is 18500. The standard InChI is InChI=1S/Li.Mn.5H2O/h;;5*1H2. The van der Waals surface area contributed by atoms with Crippen molar-refractivity contribution in [3.8, 4) is 0 Å². The summed E-state index contributed by atoms with van der Waals surface area (Å²) in [4.78, 5) is 0. The van der Waals surface area contributed by atoms with Crippen LogP contribution >= 0.6 is 0 Å². The molecule has 0 unspecified atom stereocenters. The third-order valence-electron chi connectivity index (χ3n) is 0. The van der Waals surface area contributed by atoms with Crippen molar-refractivity contribution in [1.29, 1.82) is 0 Å². The van der Waals surface area contributed by atoms with E-state index in [9.17, 15) is 0 Å². The van der Waals surface area contributed by atoms with E-state index in [0.29, 0.717) is 0 Å². The number of hydrogen-bond acceptors (Lipinski definition) is 0. The van der Waals surface area contributed by atoms with Gasteiger partial charge in [0.15, 0.2) is 0 Å². The Hall–Kier alpha value is 0.917. The average Bonchev–Trinajstić information content (AvgIpc) is 0. The largest absolute Gasteiger partial charge is 0.412 e. The Labute approximate surface area is 63.7 Å². The molecule has 0 aliphatic rings. The Balaban J connectivity index is 0. The van der Waals surface area contributed by atoms with Crippen LogP contribution in [0.2, 0.25) is 0 Å². The fourth-order valence-corrected chi connectivity index (χ4v) is 0. The van der Waals surface area contributed by atoms with Gasteiger partial charge in [0.05, 0.1) is 0 Å². The predicted octanol–water partition coefficient (Wildman–Crippen LogP) is -4.51. The van der Waals surface area contributed by atoms with Crippen molar-refractivity contribution in [2.75, 3.05) is 0 Å². The van der Waals surface area contributed by atoms with Gasteiger partial charge in [-0.15, -0.1) is 0 Å². The van der Waals surface area contributed by atoms with Gasteiger partial charge in [-0.1, -0.05) is 0 Å². The maximum atomic E-state index is 0. The molecule has 7 heteroatoms. The van der Waals surface area contributed by atoms with Gasteiger partial charge >= 0.3 is 0 Å². The summed E-state index contributed by atoms with van der Waals surface area (Å²) in [6, 6.07) is 0. The van der Waals surface area contributed by atoms with E-state index < -0.39 is 0 Å². The Morgan fingerprint density at radius 2 is 0.429 bits per heavy atom. The molecule has 0 aromatic carbocycles. The molecule has 0 saturated carbocycles. The van der Waals surface area contributed by atoms with Crippen LogP contribution in [0.4, 0.5) is 0 Å². The second-order valence-electron chi connectivity index (χ2n) is 0. The molecular weight excluding hydrogens is 142 g/mol. The fourth-order valence-electron chi connectivity index (χ4n) is 0. The Bertz CT molecular complexity index is 8.04. The van der Waals surface area contributed by atoms with Crippen molar-refractivity contribution in [1.82, 2.24) is 0 Å². The first-order chi connectivity index (χ1) is 0. The third kappa shape index (κ3) is 199. The molecule has 0 atom stereocenters. The van der Waals surface area contributed by atoms with Crippen LogP contribution in [0.1, 0.15) is 0 Å². The number of hydrogen-bond donors (Lipinski definition) is 0. The quantitative estimate of drug-likeness (QED) is 0.306. The summed E-state index contributed by atoms with van der Waals surface area (Å²) in [5, 5.41) is 0. The molecule has 0 fully saturated rings. The van der Waals surface area contributed by atoms with E-state index in [1.54, 1.807) is 0 Å². The molecule has 5 nitrogen and oxygen atoms in total. The molecule has 0 aromatic heterocycles. The van der Waals surface area contributed by atoms with Crippen LogP contribution in [0.3, 0.4) is 0 Å². The molecule has 7 heavy (non-hydrogen) atoms. The normalized spacial score (nSPS) is 0. The van der Waals surface area contributed by atoms with Gasteiger partial charge in [-0.2, -0.15) is 0 Å². The zero-order chi connectivity index (χ0) is 0. The van der Waals surface area contributed by atoms with Crippen LogP contribution in [-0.2, 0) is 17.1 Å². The first kappa shape index (κ1) is 451. The summed E-state index contributed by atoms with van der Waals surface area (Å²) in [6.07, 6.45) is 0. The summed E-state index contributed by atoms with van der Waals surface area (Å²) in [7, 11) is 0. The summed E-state index contributed by atoms with van der Waals surface area (Å²) in [5.41, 5.74) is 0. The molecule has 0 bridgehead atoms. The van der Waals surface area contributed by atoms with Crippen molar-refractivity contribution in [2.45, 2.75) is 0 Å². The van der Waals surface area contributed by atoms with Gasteiger partial charge < -0.3 is 27.4 Å². The van der Waals surface area contributed by atoms with Crippen LogP contribution in [-0.4, -0.2) is 46.2 Å². The van der Waals surface area contributed by atoms with Crippen LogP contribution in [0.5, 0.6) is 0 Å². The second-order valence-corrected chi connectivity index (χ2v) is 0. The molecule has 0 aromatic rings. The zero-order valence-electron chi connectivity index (χ0n) is 3.88. The molecule has 48 valence electrons. The van der Waals surface area contributed by atoms with Crippen molar-refractivity contribution >= 4 is 18.9 Å². The van der Waals surface area contributed by atoms with Gasteiger partial charge in [-0.05, 0) is 0 Å². The maximum Gasteiger partial charge on any atom is 0 e. The second kappa shape index (κ2) is 288. The summed E-state index contributed by atoms with van der Waals surface area (Å²) >= 11 is 0. The zero-order valence-corrected chi connectivity index (χ0v) is 5.06. The van der Waals surface area contributed by atoms with Crippen LogP contribution in [0.15, 0.2) is 0 Å². The van der Waals surface area contributed by atoms with Crippen LogP contribution in [0.25, 0.3) is 0 Å². The third-order valence-corrected chi connectivity index (χ3v) is 0. The van der Waals surface area contributed by atoms with Crippen LogP contribution < -0.4 is 0 Å². The van der Waals surface area contributed by atoms with Crippen molar-refractivity contribution in [3.05, 3.63) is 0 Å². The maximum absolute atomic E-state index is 0. The molecule has 2 radical (unpaired) electrons. The summed E-state index contributed by atoms with van der Waals surface area (Å²) in [5.74, 6) is 0. The molecule has 0 saturated heterocycles. The summed E-state index contributed by atoms with van der Waals surface area (Å²) < 4.78 is 0. The fraction of sp³-hybridized carbons (Fsp3) is 0. The van der Waals surface area contributed by atoms with Gasteiger partial charge in [0.2, 0.25) is 0 Å². The molecule has 0 rings (SSSR count). The van der Waals surface area contributed by atoms with Gasteiger partial charge in [0.1, 0.15) is 0 Å². The molecular formula is H10LiMnO5. The minimum Gasteiger partial charge on any atom is -0.412 e. The van der Waals surface area contributed by atoms with Gasteiger partial charge in [-0.25, -0.2) is 0 Å². The van der Waals surface area contributed by atoms with E-state index in [1.807, 2.05) is 0 Å². The predicted molar refractivity (Wildman–Crippen MR) is 23.8 cm³/mol. The smallest absolute Gasteiger partial charge is 0 e. The van der Waals surface area contributed by atoms with E-state index in [1.165, 1.54) is 0 Å². The van der Waals surface area contributed by atoms with Crippen molar-refractivity contribution in [3.63, 3.8) is 0 Å². The van der Waals surface area contributed by atoms with E-state index in [4.69, 9.17) is 0 Å². The van der Waals surface area contributed by atoms with E-state index in [0.717, 1.165) is 0 Å². The molecule has 0 amide bonds. The molecule has 0 heterocycles.